The number of esters is 7. The summed E-state index contributed by atoms with van der Waals surface area (Å²) in [4.78, 5) is 113. The number of rotatable bonds is 7. The number of fused-ring (bicyclic) bond motifs is 5. The Hall–Kier alpha value is -5.79. The van der Waals surface area contributed by atoms with E-state index in [1.54, 1.807) is 18.2 Å². The number of aliphatic hydroxyl groups is 2. The first-order chi connectivity index (χ1) is 28.1. The highest BCUT2D eigenvalue weighted by Gasteiger charge is 2.90. The van der Waals surface area contributed by atoms with Crippen LogP contribution < -0.4 is 0 Å². The number of nitrogens with zero attached hydrogens (tertiary/aromatic N) is 1. The molecule has 3 heterocycles. The summed E-state index contributed by atoms with van der Waals surface area (Å²) in [6.45, 7) is 5.18. The number of carbonyl (C=O) groups excluding carboxylic acids is 8. The van der Waals surface area contributed by atoms with Gasteiger partial charge < -0.3 is 48.1 Å². The normalized spacial score (nSPS) is 35.9. The summed E-state index contributed by atoms with van der Waals surface area (Å²) < 4.78 is 47.1. The largest absolute Gasteiger partial charge is 0.465 e. The van der Waals surface area contributed by atoms with Gasteiger partial charge in [0.15, 0.2) is 30.2 Å². The summed E-state index contributed by atoms with van der Waals surface area (Å²) in [5, 5.41) is 25.9. The molecule has 2 N–H and O–H groups in total. The van der Waals surface area contributed by atoms with Crippen molar-refractivity contribution in [3.05, 3.63) is 65.5 Å². The van der Waals surface area contributed by atoms with Crippen LogP contribution in [0, 0.1) is 11.3 Å². The van der Waals surface area contributed by atoms with Crippen molar-refractivity contribution < 1.29 is 86.5 Å². The average Bonchev–Trinajstić information content (AvgIpc) is 3.38. The van der Waals surface area contributed by atoms with Gasteiger partial charge in [0.1, 0.15) is 35.4 Å². The fourth-order valence-corrected chi connectivity index (χ4v) is 9.24. The van der Waals surface area contributed by atoms with Crippen LogP contribution in [0.1, 0.15) is 81.3 Å². The van der Waals surface area contributed by atoms with Crippen molar-refractivity contribution in [1.82, 2.24) is 4.98 Å². The molecule has 0 amide bonds. The van der Waals surface area contributed by atoms with Crippen LogP contribution in [0.3, 0.4) is 0 Å². The molecule has 1 saturated heterocycles. The van der Waals surface area contributed by atoms with E-state index in [4.69, 9.17) is 37.9 Å². The molecule has 6 rings (SSSR count). The predicted molar refractivity (Wildman–Crippen MR) is 196 cm³/mol. The minimum Gasteiger partial charge on any atom is -0.465 e. The molecule has 1 aromatic carbocycles. The van der Waals surface area contributed by atoms with Gasteiger partial charge in [0, 0.05) is 40.3 Å². The van der Waals surface area contributed by atoms with Gasteiger partial charge in [-0.25, -0.2) is 14.4 Å². The van der Waals surface area contributed by atoms with E-state index in [-0.39, 0.29) is 23.2 Å². The zero-order valence-electron chi connectivity index (χ0n) is 33.8. The second kappa shape index (κ2) is 15.7. The lowest BCUT2D eigenvalue weighted by molar-refractivity contribution is -0.377. The Balaban J connectivity index is 1.68. The monoisotopic (exact) mass is 839 g/mol. The van der Waals surface area contributed by atoms with Crippen molar-refractivity contribution in [3.63, 3.8) is 0 Å². The molecule has 2 saturated carbocycles. The van der Waals surface area contributed by atoms with E-state index in [9.17, 15) is 48.6 Å². The van der Waals surface area contributed by atoms with E-state index in [1.807, 2.05) is 0 Å². The number of aryl methyl sites for hydroxylation is 1. The molecular weight excluding hydrogens is 794 g/mol. The molecule has 4 bridgehead atoms. The minimum absolute atomic E-state index is 0.0206. The number of pyridine rings is 1. The van der Waals surface area contributed by atoms with Gasteiger partial charge in [-0.15, -0.1) is 0 Å². The highest BCUT2D eigenvalue weighted by atomic mass is 16.7. The van der Waals surface area contributed by atoms with Gasteiger partial charge in [-0.2, -0.15) is 0 Å². The Labute approximate surface area is 342 Å². The van der Waals surface area contributed by atoms with Crippen molar-refractivity contribution in [1.29, 1.82) is 0 Å². The summed E-state index contributed by atoms with van der Waals surface area (Å²) in [6, 6.07) is 10.4. The van der Waals surface area contributed by atoms with Crippen molar-refractivity contribution in [2.45, 2.75) is 114 Å². The zero-order valence-corrected chi connectivity index (χ0v) is 33.8. The summed E-state index contributed by atoms with van der Waals surface area (Å²) in [6.07, 6.45) is -10.5. The van der Waals surface area contributed by atoms with E-state index in [1.165, 1.54) is 44.3 Å². The van der Waals surface area contributed by atoms with Gasteiger partial charge in [-0.05, 0) is 51.5 Å². The van der Waals surface area contributed by atoms with Gasteiger partial charge in [0.05, 0.1) is 28.8 Å². The van der Waals surface area contributed by atoms with Crippen LogP contribution in [-0.2, 0) is 73.1 Å². The Morgan fingerprint density at radius 3 is 2.13 bits per heavy atom. The van der Waals surface area contributed by atoms with Gasteiger partial charge in [-0.1, -0.05) is 18.2 Å². The van der Waals surface area contributed by atoms with E-state index < -0.39 is 131 Å². The lowest BCUT2D eigenvalue weighted by Crippen LogP contribution is -2.88. The predicted octanol–water partition coefficient (Wildman–Crippen LogP) is 0.909. The number of hydrogen-bond donors (Lipinski definition) is 2. The Morgan fingerprint density at radius 1 is 0.867 bits per heavy atom. The smallest absolute Gasteiger partial charge is 0.350 e. The first-order valence-electron chi connectivity index (χ1n) is 19.0. The van der Waals surface area contributed by atoms with E-state index in [0.29, 0.717) is 0 Å². The Morgan fingerprint density at radius 2 is 1.52 bits per heavy atom. The van der Waals surface area contributed by atoms with Gasteiger partial charge >= 0.3 is 41.8 Å². The third-order valence-corrected chi connectivity index (χ3v) is 11.7. The number of aliphatic hydroxyl groups excluding tert-OH is 1. The Bertz CT molecular complexity index is 2120. The van der Waals surface area contributed by atoms with Crippen LogP contribution in [-0.4, -0.2) is 129 Å². The third-order valence-electron chi connectivity index (χ3n) is 11.7. The molecule has 19 nitrogen and oxygen atoms in total. The van der Waals surface area contributed by atoms with Gasteiger partial charge in [-0.3, -0.25) is 29.0 Å². The average molecular weight is 840 g/mol. The van der Waals surface area contributed by atoms with E-state index in [2.05, 4.69) is 4.98 Å². The minimum atomic E-state index is -2.97. The van der Waals surface area contributed by atoms with Crippen molar-refractivity contribution in [3.8, 4) is 0 Å². The number of ketones is 1. The standard InChI is InChI=1S/C41H45NO18/c1-20(43)53-19-40-31(56-22(3)45)28(47)27-30(48)41(40)39(7,52)32(29(55-21(2)44)33(40)57-23(4)46)58-36(51)37(5,59-34(49)24-12-9-8-10-13-24)16-15-26-25(14-11-17-42-26)35(50)54-18-38(27,6)60-41/h8-14,17,27,29-33,48,52H,15-16,18-19H2,1-7H3/t27-,29+,30-,31-,32+,33+,37?,38+,39+,40-,41+/m1/s1. The molecule has 3 fully saturated rings. The SMILES string of the molecule is CC(=O)OC[C@]12[C@H](OC(C)=O)C(=O)[C@@H]3[C@@H](O)[C@@]14O[C@@]3(C)COC(=O)c1cccnc1CCC(C)(OC(=O)c1ccccc1)C(=O)O[C@@H]([C@H](OC(C)=O)[C@@H]2OC(C)=O)[C@]4(C)O. The number of Topliss-reactive ketones (excluding diaryl/α,β-unsaturated/α-hetero) is 1. The molecule has 0 radical (unpaired) electrons. The molecule has 322 valence electrons. The molecule has 19 heteroatoms. The molecule has 2 aromatic rings. The van der Waals surface area contributed by atoms with Crippen molar-refractivity contribution in [2.75, 3.05) is 13.2 Å². The fourth-order valence-electron chi connectivity index (χ4n) is 9.24. The number of ether oxygens (including phenoxy) is 8. The molecule has 2 aliphatic heterocycles. The zero-order chi connectivity index (χ0) is 44.2. The molecule has 4 aliphatic rings. The summed E-state index contributed by atoms with van der Waals surface area (Å²) in [5.41, 5.74) is -13.1. The maximum atomic E-state index is 14.9. The highest BCUT2D eigenvalue weighted by molar-refractivity contribution is 5.95. The number of hydrogen-bond acceptors (Lipinski definition) is 19. The first-order valence-corrected chi connectivity index (χ1v) is 19.0. The van der Waals surface area contributed by atoms with Crippen molar-refractivity contribution >= 4 is 47.6 Å². The van der Waals surface area contributed by atoms with E-state index in [0.717, 1.165) is 34.6 Å². The summed E-state index contributed by atoms with van der Waals surface area (Å²) >= 11 is 0. The van der Waals surface area contributed by atoms with Gasteiger partial charge in [0.25, 0.3) is 0 Å². The number of aromatic nitrogens is 1. The molecular formula is C41H45NO18. The molecule has 1 aromatic heterocycles. The molecule has 60 heavy (non-hydrogen) atoms. The molecule has 1 unspecified atom stereocenters. The topological polar surface area (TPSA) is 264 Å². The molecule has 1 spiro atoms. The summed E-state index contributed by atoms with van der Waals surface area (Å²) in [7, 11) is 0. The van der Waals surface area contributed by atoms with Crippen LogP contribution in [0.4, 0.5) is 0 Å². The lowest BCUT2D eigenvalue weighted by Gasteiger charge is -2.66. The maximum absolute atomic E-state index is 14.9. The molecule has 11 atom stereocenters. The van der Waals surface area contributed by atoms with Crippen LogP contribution >= 0.6 is 0 Å². The van der Waals surface area contributed by atoms with Crippen LogP contribution in [0.2, 0.25) is 0 Å². The molecule has 2 aliphatic carbocycles. The van der Waals surface area contributed by atoms with Crippen LogP contribution in [0.5, 0.6) is 0 Å². The van der Waals surface area contributed by atoms with Crippen LogP contribution in [0.25, 0.3) is 0 Å². The second-order valence-electron chi connectivity index (χ2n) is 15.9. The number of carbonyl (C=O) groups is 8. The first kappa shape index (κ1) is 43.8. The highest BCUT2D eigenvalue weighted by Crippen LogP contribution is 2.68. The van der Waals surface area contributed by atoms with Gasteiger partial charge in [0.2, 0.25) is 5.60 Å². The van der Waals surface area contributed by atoms with Crippen molar-refractivity contribution in [2.24, 2.45) is 11.3 Å². The summed E-state index contributed by atoms with van der Waals surface area (Å²) in [5.74, 6) is -10.7. The number of cyclic esters (lactones) is 1. The lowest BCUT2D eigenvalue weighted by atomic mass is 9.45. The Kier molecular flexibility index (Phi) is 11.4. The second-order valence-corrected chi connectivity index (χ2v) is 15.9. The quantitative estimate of drug-likeness (QED) is 0.290. The fraction of sp³-hybridized carbons (Fsp3) is 0.537. The van der Waals surface area contributed by atoms with E-state index >= 15 is 0 Å². The third kappa shape index (κ3) is 6.96. The van der Waals surface area contributed by atoms with Crippen LogP contribution in [0.15, 0.2) is 48.7 Å². The number of benzene rings is 1. The maximum Gasteiger partial charge on any atom is 0.350 e.